The second-order valence-corrected chi connectivity index (χ2v) is 4.84. The van der Waals surface area contributed by atoms with E-state index >= 15 is 0 Å². The molecule has 1 amide bonds. The summed E-state index contributed by atoms with van der Waals surface area (Å²) in [7, 11) is 0. The fourth-order valence-electron chi connectivity index (χ4n) is 2.36. The van der Waals surface area contributed by atoms with Crippen molar-refractivity contribution >= 4 is 23.8 Å². The van der Waals surface area contributed by atoms with E-state index in [0.717, 1.165) is 0 Å². The lowest BCUT2D eigenvalue weighted by Gasteiger charge is -2.25. The number of ether oxygens (including phenoxy) is 3. The molecule has 1 aliphatic rings. The number of rotatable bonds is 4. The van der Waals surface area contributed by atoms with E-state index in [9.17, 15) is 19.2 Å². The zero-order valence-corrected chi connectivity index (χ0v) is 12.4. The first-order valence-electron chi connectivity index (χ1n) is 6.49. The lowest BCUT2D eigenvalue weighted by molar-refractivity contribution is -0.175. The van der Waals surface area contributed by atoms with Gasteiger partial charge >= 0.3 is 17.9 Å². The molecule has 0 saturated heterocycles. The number of hydrogen-bond acceptors (Lipinski definition) is 7. The van der Waals surface area contributed by atoms with Crippen LogP contribution in [0, 0.1) is 0 Å². The lowest BCUT2D eigenvalue weighted by atomic mass is 10.2. The topological polar surface area (TPSA) is 108 Å². The molecule has 1 saturated carbocycles. The monoisotopic (exact) mass is 301 g/mol. The highest BCUT2D eigenvalue weighted by Crippen LogP contribution is 2.29. The number of carbonyl (C=O) groups is 4. The van der Waals surface area contributed by atoms with Crippen LogP contribution in [0.15, 0.2) is 0 Å². The van der Waals surface area contributed by atoms with Gasteiger partial charge in [-0.15, -0.1) is 0 Å². The molecule has 8 nitrogen and oxygen atoms in total. The van der Waals surface area contributed by atoms with E-state index in [1.54, 1.807) is 0 Å². The Morgan fingerprint density at radius 1 is 0.810 bits per heavy atom. The van der Waals surface area contributed by atoms with Crippen LogP contribution in [0.3, 0.4) is 0 Å². The van der Waals surface area contributed by atoms with Crippen molar-refractivity contribution in [2.45, 2.75) is 58.5 Å². The second kappa shape index (κ2) is 7.05. The molecular formula is C13H19NO7. The Balaban J connectivity index is 2.99. The molecule has 0 heterocycles. The fourth-order valence-corrected chi connectivity index (χ4v) is 2.36. The molecule has 0 aliphatic heterocycles. The lowest BCUT2D eigenvalue weighted by Crippen LogP contribution is -2.46. The highest BCUT2D eigenvalue weighted by Gasteiger charge is 2.50. The molecule has 4 atom stereocenters. The molecule has 118 valence electrons. The number of nitrogens with one attached hydrogen (secondary N) is 1. The van der Waals surface area contributed by atoms with Crippen LogP contribution < -0.4 is 5.32 Å². The molecule has 1 fully saturated rings. The first kappa shape index (κ1) is 16.9. The molecule has 0 aromatic rings. The van der Waals surface area contributed by atoms with E-state index in [1.165, 1.54) is 27.7 Å². The number of esters is 3. The molecule has 0 spiro atoms. The van der Waals surface area contributed by atoms with E-state index in [0.29, 0.717) is 0 Å². The summed E-state index contributed by atoms with van der Waals surface area (Å²) in [5, 5.41) is 2.60. The summed E-state index contributed by atoms with van der Waals surface area (Å²) in [5.74, 6) is -2.07. The minimum Gasteiger partial charge on any atom is -0.458 e. The average Bonchev–Trinajstić information content (AvgIpc) is 2.55. The summed E-state index contributed by atoms with van der Waals surface area (Å²) in [4.78, 5) is 44.8. The minimum atomic E-state index is -0.952. The van der Waals surface area contributed by atoms with Crippen molar-refractivity contribution < 1.29 is 33.4 Å². The van der Waals surface area contributed by atoms with Gasteiger partial charge in [-0.3, -0.25) is 19.2 Å². The summed E-state index contributed by atoms with van der Waals surface area (Å²) < 4.78 is 15.3. The molecule has 0 bridgehead atoms. The number of carbonyl (C=O) groups excluding carboxylic acids is 4. The Morgan fingerprint density at radius 3 is 1.71 bits per heavy atom. The van der Waals surface area contributed by atoms with Gasteiger partial charge in [0.05, 0.1) is 6.04 Å². The van der Waals surface area contributed by atoms with Crippen LogP contribution >= 0.6 is 0 Å². The van der Waals surface area contributed by atoms with Crippen molar-refractivity contribution in [3.63, 3.8) is 0 Å². The molecule has 0 aromatic heterocycles. The van der Waals surface area contributed by atoms with E-state index in [-0.39, 0.29) is 12.3 Å². The van der Waals surface area contributed by atoms with Crippen LogP contribution in [0.25, 0.3) is 0 Å². The van der Waals surface area contributed by atoms with Crippen LogP contribution in [-0.4, -0.2) is 48.2 Å². The van der Waals surface area contributed by atoms with Crippen LogP contribution in [0.2, 0.25) is 0 Å². The Hall–Kier alpha value is -2.12. The van der Waals surface area contributed by atoms with Crippen molar-refractivity contribution in [3.05, 3.63) is 0 Å². The predicted molar refractivity (Wildman–Crippen MR) is 68.9 cm³/mol. The third kappa shape index (κ3) is 5.05. The maximum Gasteiger partial charge on any atom is 0.303 e. The summed E-state index contributed by atoms with van der Waals surface area (Å²) in [5.41, 5.74) is 0. The van der Waals surface area contributed by atoms with Gasteiger partial charge in [-0.05, 0) is 0 Å². The van der Waals surface area contributed by atoms with E-state index < -0.39 is 42.3 Å². The third-order valence-corrected chi connectivity index (χ3v) is 2.88. The van der Waals surface area contributed by atoms with Gasteiger partial charge in [-0.25, -0.2) is 0 Å². The largest absolute Gasteiger partial charge is 0.458 e. The summed E-state index contributed by atoms with van der Waals surface area (Å²) >= 11 is 0. The maximum atomic E-state index is 11.2. The van der Waals surface area contributed by atoms with Gasteiger partial charge in [0.25, 0.3) is 0 Å². The standard InChI is InChI=1S/C13H19NO7/c1-6(15)14-10-5-11(19-7(2)16)13(21-9(4)18)12(10)20-8(3)17/h10-13H,5H2,1-4H3,(H,14,15)/t10-,11-,12+,13+/m0/s1. The first-order chi connectivity index (χ1) is 9.70. The molecule has 0 aromatic carbocycles. The van der Waals surface area contributed by atoms with Gasteiger partial charge in [0.2, 0.25) is 5.91 Å². The number of amides is 1. The number of hydrogen-bond donors (Lipinski definition) is 1. The van der Waals surface area contributed by atoms with Crippen LogP contribution in [0.5, 0.6) is 0 Å². The quantitative estimate of drug-likeness (QED) is 0.560. The van der Waals surface area contributed by atoms with E-state index in [2.05, 4.69) is 5.32 Å². The molecule has 0 radical (unpaired) electrons. The maximum absolute atomic E-state index is 11.2. The average molecular weight is 301 g/mol. The fraction of sp³-hybridized carbons (Fsp3) is 0.692. The summed E-state index contributed by atoms with van der Waals surface area (Å²) in [6.45, 7) is 4.93. The molecule has 1 N–H and O–H groups in total. The minimum absolute atomic E-state index is 0.190. The summed E-state index contributed by atoms with van der Waals surface area (Å²) in [6, 6.07) is -0.597. The van der Waals surface area contributed by atoms with Gasteiger partial charge in [0.15, 0.2) is 12.2 Å². The highest BCUT2D eigenvalue weighted by molar-refractivity contribution is 5.74. The van der Waals surface area contributed by atoms with Gasteiger partial charge < -0.3 is 19.5 Å². The first-order valence-corrected chi connectivity index (χ1v) is 6.49. The Bertz CT molecular complexity index is 408. The van der Waals surface area contributed by atoms with Gasteiger partial charge in [0.1, 0.15) is 6.10 Å². The predicted octanol–water partition coefficient (Wildman–Crippen LogP) is -0.310. The second-order valence-electron chi connectivity index (χ2n) is 4.84. The van der Waals surface area contributed by atoms with Gasteiger partial charge in [0, 0.05) is 34.1 Å². The highest BCUT2D eigenvalue weighted by atomic mass is 16.6. The van der Waals surface area contributed by atoms with Crippen molar-refractivity contribution in [2.75, 3.05) is 0 Å². The molecular weight excluding hydrogens is 282 g/mol. The summed E-state index contributed by atoms with van der Waals surface area (Å²) in [6.07, 6.45) is -2.45. The third-order valence-electron chi connectivity index (χ3n) is 2.88. The smallest absolute Gasteiger partial charge is 0.303 e. The molecule has 0 unspecified atom stereocenters. The van der Waals surface area contributed by atoms with Crippen LogP contribution in [0.4, 0.5) is 0 Å². The van der Waals surface area contributed by atoms with Crippen molar-refractivity contribution in [1.82, 2.24) is 5.32 Å². The molecule has 21 heavy (non-hydrogen) atoms. The van der Waals surface area contributed by atoms with Crippen LogP contribution in [-0.2, 0) is 33.4 Å². The Labute approximate surface area is 122 Å². The Kier molecular flexibility index (Phi) is 5.69. The van der Waals surface area contributed by atoms with Gasteiger partial charge in [-0.2, -0.15) is 0 Å². The van der Waals surface area contributed by atoms with Crippen molar-refractivity contribution in [2.24, 2.45) is 0 Å². The van der Waals surface area contributed by atoms with Crippen molar-refractivity contribution in [1.29, 1.82) is 0 Å². The van der Waals surface area contributed by atoms with Gasteiger partial charge in [-0.1, -0.05) is 0 Å². The normalized spacial score (nSPS) is 27.6. The molecule has 8 heteroatoms. The van der Waals surface area contributed by atoms with E-state index in [1.807, 2.05) is 0 Å². The van der Waals surface area contributed by atoms with Crippen LogP contribution in [0.1, 0.15) is 34.1 Å². The SMILES string of the molecule is CC(=O)N[C@H]1C[C@H](OC(C)=O)[C@@H](OC(C)=O)[C@@H]1OC(C)=O. The van der Waals surface area contributed by atoms with Crippen molar-refractivity contribution in [3.8, 4) is 0 Å². The zero-order valence-electron chi connectivity index (χ0n) is 12.4. The molecule has 1 rings (SSSR count). The van der Waals surface area contributed by atoms with E-state index in [4.69, 9.17) is 14.2 Å². The molecule has 1 aliphatic carbocycles. The zero-order chi connectivity index (χ0) is 16.2. The Morgan fingerprint density at radius 2 is 1.29 bits per heavy atom.